The zero-order valence-electron chi connectivity index (χ0n) is 11.8. The molecule has 0 heterocycles. The van der Waals surface area contributed by atoms with Crippen LogP contribution in [0.4, 0.5) is 11.4 Å². The number of nitrogens with one attached hydrogen (secondary N) is 1. The van der Waals surface area contributed by atoms with Crippen molar-refractivity contribution in [1.82, 2.24) is 0 Å². The Balaban J connectivity index is 2.46. The lowest BCUT2D eigenvalue weighted by Crippen LogP contribution is -2.28. The zero-order chi connectivity index (χ0) is 13.8. The van der Waals surface area contributed by atoms with Crippen LogP contribution >= 0.6 is 0 Å². The Hall–Kier alpha value is -1.71. The molecule has 0 aliphatic carbocycles. The predicted octanol–water partition coefficient (Wildman–Crippen LogP) is 2.51. The quantitative estimate of drug-likeness (QED) is 0.834. The molecule has 0 aliphatic heterocycles. The third-order valence-electron chi connectivity index (χ3n) is 2.24. The number of benzene rings is 1. The summed E-state index contributed by atoms with van der Waals surface area (Å²) < 4.78 is 5.21. The van der Waals surface area contributed by atoms with E-state index in [-0.39, 0.29) is 12.5 Å². The molecule has 1 aromatic rings. The molecule has 4 nitrogen and oxygen atoms in total. The van der Waals surface area contributed by atoms with Gasteiger partial charge < -0.3 is 15.0 Å². The van der Waals surface area contributed by atoms with Crippen LogP contribution in [-0.4, -0.2) is 32.2 Å². The molecule has 1 aromatic carbocycles. The highest BCUT2D eigenvalue weighted by molar-refractivity contribution is 5.75. The monoisotopic (exact) mass is 250 g/mol. The molecule has 0 radical (unpaired) electrons. The van der Waals surface area contributed by atoms with Crippen molar-refractivity contribution in [1.29, 1.82) is 0 Å². The number of hydrogen-bond donors (Lipinski definition) is 1. The Bertz CT molecular complexity index is 391. The molecule has 0 aromatic heterocycles. The molecule has 0 aliphatic rings. The summed E-state index contributed by atoms with van der Waals surface area (Å²) in [5.74, 6) is -0.251. The Morgan fingerprint density at radius 3 is 2.22 bits per heavy atom. The minimum Gasteiger partial charge on any atom is -0.459 e. The topological polar surface area (TPSA) is 41.6 Å². The molecule has 1 N–H and O–H groups in total. The van der Waals surface area contributed by atoms with E-state index < -0.39 is 5.60 Å². The molecular formula is C14H22N2O2. The SMILES string of the molecule is CN(C)c1ccc(NCC(=O)OC(C)(C)C)cc1. The van der Waals surface area contributed by atoms with Crippen molar-refractivity contribution in [2.24, 2.45) is 0 Å². The van der Waals surface area contributed by atoms with Gasteiger partial charge in [-0.15, -0.1) is 0 Å². The molecule has 0 saturated carbocycles. The summed E-state index contributed by atoms with van der Waals surface area (Å²) in [6.45, 7) is 5.75. The highest BCUT2D eigenvalue weighted by atomic mass is 16.6. The van der Waals surface area contributed by atoms with E-state index in [0.717, 1.165) is 11.4 Å². The molecule has 0 bridgehead atoms. The lowest BCUT2D eigenvalue weighted by molar-refractivity contribution is -0.152. The van der Waals surface area contributed by atoms with Gasteiger partial charge in [0, 0.05) is 25.5 Å². The minimum absolute atomic E-state index is 0.179. The fraction of sp³-hybridized carbons (Fsp3) is 0.500. The lowest BCUT2D eigenvalue weighted by atomic mass is 10.2. The molecule has 100 valence electrons. The van der Waals surface area contributed by atoms with E-state index in [1.165, 1.54) is 0 Å². The standard InChI is InChI=1S/C14H22N2O2/c1-14(2,3)18-13(17)10-15-11-6-8-12(9-7-11)16(4)5/h6-9,15H,10H2,1-5H3. The Morgan fingerprint density at radius 2 is 1.78 bits per heavy atom. The van der Waals surface area contributed by atoms with Gasteiger partial charge in [0.2, 0.25) is 0 Å². The highest BCUT2D eigenvalue weighted by Crippen LogP contribution is 2.15. The Labute approximate surface area is 109 Å². The maximum atomic E-state index is 11.5. The van der Waals surface area contributed by atoms with E-state index in [1.807, 2.05) is 64.0 Å². The van der Waals surface area contributed by atoms with Crippen LogP contribution in [0.5, 0.6) is 0 Å². The number of esters is 1. The van der Waals surface area contributed by atoms with Gasteiger partial charge in [-0.3, -0.25) is 4.79 Å². The smallest absolute Gasteiger partial charge is 0.325 e. The Kier molecular flexibility index (Phi) is 4.59. The first-order valence-corrected chi connectivity index (χ1v) is 6.01. The third kappa shape index (κ3) is 5.08. The zero-order valence-corrected chi connectivity index (χ0v) is 11.8. The first-order chi connectivity index (χ1) is 8.28. The van der Waals surface area contributed by atoms with Gasteiger partial charge in [0.15, 0.2) is 0 Å². The minimum atomic E-state index is -0.437. The van der Waals surface area contributed by atoms with Gasteiger partial charge in [0.1, 0.15) is 12.1 Å². The second-order valence-corrected chi connectivity index (χ2v) is 5.38. The molecule has 0 spiro atoms. The van der Waals surface area contributed by atoms with Crippen LogP contribution in [0.1, 0.15) is 20.8 Å². The van der Waals surface area contributed by atoms with Crippen LogP contribution in [0.3, 0.4) is 0 Å². The summed E-state index contributed by atoms with van der Waals surface area (Å²) in [7, 11) is 3.98. The Morgan fingerprint density at radius 1 is 1.22 bits per heavy atom. The number of rotatable bonds is 4. The van der Waals surface area contributed by atoms with E-state index in [1.54, 1.807) is 0 Å². The third-order valence-corrected chi connectivity index (χ3v) is 2.24. The average Bonchev–Trinajstić information content (AvgIpc) is 2.24. The maximum Gasteiger partial charge on any atom is 0.325 e. The molecule has 0 unspecified atom stereocenters. The molecule has 0 saturated heterocycles. The molecule has 1 rings (SSSR count). The van der Waals surface area contributed by atoms with Crippen molar-refractivity contribution >= 4 is 17.3 Å². The molecule has 4 heteroatoms. The van der Waals surface area contributed by atoms with Crippen LogP contribution in [-0.2, 0) is 9.53 Å². The number of ether oxygens (including phenoxy) is 1. The summed E-state index contributed by atoms with van der Waals surface area (Å²) in [6.07, 6.45) is 0. The normalized spacial score (nSPS) is 10.9. The van der Waals surface area contributed by atoms with Crippen LogP contribution in [0, 0.1) is 0 Å². The van der Waals surface area contributed by atoms with Gasteiger partial charge in [-0.25, -0.2) is 0 Å². The fourth-order valence-electron chi connectivity index (χ4n) is 1.43. The molecular weight excluding hydrogens is 228 g/mol. The summed E-state index contributed by atoms with van der Waals surface area (Å²) in [5, 5.41) is 3.04. The number of hydrogen-bond acceptors (Lipinski definition) is 4. The van der Waals surface area contributed by atoms with Gasteiger partial charge in [-0.2, -0.15) is 0 Å². The van der Waals surface area contributed by atoms with Gasteiger partial charge >= 0.3 is 5.97 Å². The van der Waals surface area contributed by atoms with Crippen molar-refractivity contribution in [2.75, 3.05) is 30.9 Å². The number of nitrogens with zero attached hydrogens (tertiary/aromatic N) is 1. The van der Waals surface area contributed by atoms with Gasteiger partial charge in [-0.1, -0.05) is 0 Å². The summed E-state index contributed by atoms with van der Waals surface area (Å²) in [6, 6.07) is 7.88. The van der Waals surface area contributed by atoms with Crippen molar-refractivity contribution in [3.63, 3.8) is 0 Å². The van der Waals surface area contributed by atoms with Crippen molar-refractivity contribution in [3.8, 4) is 0 Å². The largest absolute Gasteiger partial charge is 0.459 e. The second kappa shape index (κ2) is 5.76. The van der Waals surface area contributed by atoms with Gasteiger partial charge in [-0.05, 0) is 45.0 Å². The molecule has 0 fully saturated rings. The second-order valence-electron chi connectivity index (χ2n) is 5.38. The van der Waals surface area contributed by atoms with Crippen LogP contribution in [0.25, 0.3) is 0 Å². The number of carbonyl (C=O) groups is 1. The van der Waals surface area contributed by atoms with E-state index in [9.17, 15) is 4.79 Å². The van der Waals surface area contributed by atoms with Crippen LogP contribution in [0.15, 0.2) is 24.3 Å². The molecule has 18 heavy (non-hydrogen) atoms. The molecule has 0 atom stereocenters. The van der Waals surface area contributed by atoms with Crippen LogP contribution < -0.4 is 10.2 Å². The highest BCUT2D eigenvalue weighted by Gasteiger charge is 2.15. The lowest BCUT2D eigenvalue weighted by Gasteiger charge is -2.20. The van der Waals surface area contributed by atoms with Crippen molar-refractivity contribution < 1.29 is 9.53 Å². The van der Waals surface area contributed by atoms with Gasteiger partial charge in [0.05, 0.1) is 0 Å². The first kappa shape index (κ1) is 14.4. The number of carbonyl (C=O) groups excluding carboxylic acids is 1. The van der Waals surface area contributed by atoms with E-state index in [4.69, 9.17) is 4.74 Å². The van der Waals surface area contributed by atoms with Crippen LogP contribution in [0.2, 0.25) is 0 Å². The summed E-state index contributed by atoms with van der Waals surface area (Å²) >= 11 is 0. The first-order valence-electron chi connectivity index (χ1n) is 6.01. The molecule has 0 amide bonds. The van der Waals surface area contributed by atoms with E-state index >= 15 is 0 Å². The fourth-order valence-corrected chi connectivity index (χ4v) is 1.43. The number of anilines is 2. The van der Waals surface area contributed by atoms with E-state index in [2.05, 4.69) is 5.32 Å². The average molecular weight is 250 g/mol. The summed E-state index contributed by atoms with van der Waals surface area (Å²) in [5.41, 5.74) is 1.59. The van der Waals surface area contributed by atoms with Crippen molar-refractivity contribution in [2.45, 2.75) is 26.4 Å². The maximum absolute atomic E-state index is 11.5. The summed E-state index contributed by atoms with van der Waals surface area (Å²) in [4.78, 5) is 13.5. The van der Waals surface area contributed by atoms with Crippen molar-refractivity contribution in [3.05, 3.63) is 24.3 Å². The van der Waals surface area contributed by atoms with E-state index in [0.29, 0.717) is 0 Å². The predicted molar refractivity (Wildman–Crippen MR) is 75.1 cm³/mol. The van der Waals surface area contributed by atoms with Gasteiger partial charge in [0.25, 0.3) is 0 Å².